The van der Waals surface area contributed by atoms with Crippen LogP contribution in [0.1, 0.15) is 159 Å². The molecule has 0 saturated carbocycles. The van der Waals surface area contributed by atoms with Crippen molar-refractivity contribution in [3.05, 3.63) is 94.0 Å². The maximum atomic E-state index is 12.6. The Morgan fingerprint density at radius 3 is 1.73 bits per heavy atom. The number of carbonyl (C=O) groups is 1. The molecule has 0 radical (unpaired) electrons. The van der Waals surface area contributed by atoms with Crippen LogP contribution < -0.4 is 10.2 Å². The van der Waals surface area contributed by atoms with Crippen LogP contribution in [0.15, 0.2) is 70.6 Å². The Labute approximate surface area is 349 Å². The maximum Gasteiger partial charge on any atom is 2.00 e. The van der Waals surface area contributed by atoms with Crippen molar-refractivity contribution in [1.82, 2.24) is 0 Å². The van der Waals surface area contributed by atoms with E-state index in [1.165, 1.54) is 72.9 Å². The van der Waals surface area contributed by atoms with E-state index in [1.807, 2.05) is 19.2 Å². The molecule has 0 aliphatic carbocycles. The molecule has 0 unspecified atom stereocenters. The molecule has 0 aliphatic heterocycles. The molecule has 0 spiro atoms. The van der Waals surface area contributed by atoms with Crippen LogP contribution in [0.4, 0.5) is 11.4 Å². The van der Waals surface area contributed by atoms with Crippen LogP contribution in [0.3, 0.4) is 0 Å². The van der Waals surface area contributed by atoms with E-state index in [-0.39, 0.29) is 22.3 Å². The van der Waals surface area contributed by atoms with Crippen LogP contribution in [-0.4, -0.2) is 17.7 Å². The van der Waals surface area contributed by atoms with Gasteiger partial charge in [0.2, 0.25) is 0 Å². The minimum Gasteiger partial charge on any atom is -0.873 e. The van der Waals surface area contributed by atoms with E-state index < -0.39 is 11.5 Å². The van der Waals surface area contributed by atoms with E-state index in [0.717, 1.165) is 103 Å². The molecule has 6 heteroatoms. The van der Waals surface area contributed by atoms with Gasteiger partial charge in [-0.15, -0.1) is 11.5 Å². The van der Waals surface area contributed by atoms with Gasteiger partial charge in [0.25, 0.3) is 0 Å². The first kappa shape index (κ1) is 48.4. The third-order valence-corrected chi connectivity index (χ3v) is 10.5. The summed E-state index contributed by atoms with van der Waals surface area (Å²) in [6.45, 7) is 15.2. The third-order valence-electron chi connectivity index (χ3n) is 10.5. The normalized spacial score (nSPS) is 11.4. The molecule has 0 bridgehead atoms. The van der Waals surface area contributed by atoms with Gasteiger partial charge in [-0.05, 0) is 120 Å². The first-order valence-corrected chi connectivity index (χ1v) is 21.4. The fourth-order valence-corrected chi connectivity index (χ4v) is 7.27. The van der Waals surface area contributed by atoms with Gasteiger partial charge in [-0.25, -0.2) is 0 Å². The van der Waals surface area contributed by atoms with E-state index >= 15 is 0 Å². The Hall–Kier alpha value is -3.76. The fraction of sp³-hybridized carbons (Fsp3) is 0.500. The Balaban J connectivity index is 0.000000386. The largest absolute Gasteiger partial charge is 2.00 e. The smallest absolute Gasteiger partial charge is 0.873 e. The average molecular weight is 804 g/mol. The summed E-state index contributed by atoms with van der Waals surface area (Å²) in [6.07, 6.45) is 21.1. The molecule has 4 rings (SSSR count). The zero-order chi connectivity index (χ0) is 40.0. The van der Waals surface area contributed by atoms with E-state index in [9.17, 15) is 15.0 Å². The van der Waals surface area contributed by atoms with Crippen molar-refractivity contribution >= 4 is 39.9 Å². The van der Waals surface area contributed by atoms with Crippen molar-refractivity contribution < 1.29 is 31.5 Å². The van der Waals surface area contributed by atoms with E-state index in [1.54, 1.807) is 0 Å². The monoisotopic (exact) mass is 802 g/mol. The van der Waals surface area contributed by atoms with Crippen molar-refractivity contribution in [2.75, 3.05) is 0 Å². The molecule has 306 valence electrons. The second-order valence-corrected chi connectivity index (χ2v) is 15.0. The maximum absolute atomic E-state index is 12.6. The van der Waals surface area contributed by atoms with Crippen LogP contribution >= 0.6 is 0 Å². The third kappa shape index (κ3) is 16.4. The molecule has 56 heavy (non-hydrogen) atoms. The number of Topliss-reactive ketones (excluding diaryl/α,β-unsaturated/α-hetero) is 1. The predicted molar refractivity (Wildman–Crippen MR) is 233 cm³/mol. The van der Waals surface area contributed by atoms with Crippen LogP contribution in [0, 0.1) is 0 Å². The summed E-state index contributed by atoms with van der Waals surface area (Å²) in [6, 6.07) is 19.9. The summed E-state index contributed by atoms with van der Waals surface area (Å²) in [7, 11) is 0. The van der Waals surface area contributed by atoms with Crippen molar-refractivity contribution in [2.24, 2.45) is 9.98 Å². The number of carbonyl (C=O) groups excluding carboxylic acids is 1. The van der Waals surface area contributed by atoms with Crippen molar-refractivity contribution in [3.8, 4) is 11.5 Å². The Bertz CT molecular complexity index is 1840. The van der Waals surface area contributed by atoms with Gasteiger partial charge in [-0.2, -0.15) is 0 Å². The SMILES string of the molecule is CCCCCCCCCCC(=O)Cc1cc(CCCCC)cc2cc([O-])c([O-])cc12.CCc1ccc(N=CC(C)=Nc2ccc(CC)c(CC)c2)cc1CC.[Ni+2]. The molecule has 4 aromatic rings. The van der Waals surface area contributed by atoms with Crippen LogP contribution in [-0.2, 0) is 59.8 Å². The quantitative estimate of drug-likeness (QED) is 0.0450. The molecular formula is C50H68N2NiO3. The van der Waals surface area contributed by atoms with Crippen molar-refractivity contribution in [1.29, 1.82) is 0 Å². The summed E-state index contributed by atoms with van der Waals surface area (Å²) >= 11 is 0. The second kappa shape index (κ2) is 27.0. The number of hydrogen-bond donors (Lipinski definition) is 0. The topological polar surface area (TPSA) is 87.9 Å². The summed E-state index contributed by atoms with van der Waals surface area (Å²) < 4.78 is 0. The van der Waals surface area contributed by atoms with Gasteiger partial charge in [0, 0.05) is 19.1 Å². The van der Waals surface area contributed by atoms with E-state index in [4.69, 9.17) is 4.99 Å². The number of fused-ring (bicyclic) bond motifs is 1. The van der Waals surface area contributed by atoms with Gasteiger partial charge in [0.15, 0.2) is 0 Å². The Morgan fingerprint density at radius 2 is 1.12 bits per heavy atom. The van der Waals surface area contributed by atoms with Crippen LogP contribution in [0.5, 0.6) is 11.5 Å². The molecule has 5 nitrogen and oxygen atoms in total. The molecule has 0 N–H and O–H groups in total. The van der Waals surface area contributed by atoms with Gasteiger partial charge in [0.1, 0.15) is 5.78 Å². The number of hydrogen-bond acceptors (Lipinski definition) is 5. The number of rotatable bonds is 22. The average Bonchev–Trinajstić information content (AvgIpc) is 3.19. The molecular weight excluding hydrogens is 735 g/mol. The minimum atomic E-state index is -0.488. The van der Waals surface area contributed by atoms with Gasteiger partial charge in [0.05, 0.1) is 17.1 Å². The predicted octanol–water partition coefficient (Wildman–Crippen LogP) is 12.8. The van der Waals surface area contributed by atoms with Gasteiger partial charge >= 0.3 is 16.5 Å². The van der Waals surface area contributed by atoms with Gasteiger partial charge in [-0.1, -0.05) is 136 Å². The Morgan fingerprint density at radius 1 is 0.589 bits per heavy atom. The first-order valence-electron chi connectivity index (χ1n) is 21.4. The van der Waals surface area contributed by atoms with Crippen LogP contribution in [0.25, 0.3) is 10.8 Å². The number of benzene rings is 4. The fourth-order valence-electron chi connectivity index (χ4n) is 7.27. The molecule has 0 aliphatic rings. The molecule has 0 amide bonds. The Kier molecular flexibility index (Phi) is 23.3. The standard InChI is InChI=1S/C27H40O3.C23H30N2.Ni/c1-3-5-7-8-9-10-11-13-15-24(28)18-22-16-21(14-12-6-4-2)17-23-19-26(29)27(30)20-25(22)23;1-6-18-10-12-22(14-20(18)8-3)24-16-17(5)25-23-13-11-19(7-2)21(9-4)15-23;/h16-17,19-20,29-30H,3-15,18H2,1-2H3;10-16H,6-9H2,1-5H3;/q;;+2/p-2. The summed E-state index contributed by atoms with van der Waals surface area (Å²) in [5.74, 6) is -0.728. The summed E-state index contributed by atoms with van der Waals surface area (Å²) in [5, 5.41) is 25.3. The minimum absolute atomic E-state index is 0. The number of aliphatic imine (C=N–C) groups is 2. The van der Waals surface area contributed by atoms with E-state index in [2.05, 4.69) is 89.0 Å². The zero-order valence-corrected chi connectivity index (χ0v) is 36.5. The molecule has 0 saturated heterocycles. The molecule has 0 atom stereocenters. The molecule has 0 heterocycles. The van der Waals surface area contributed by atoms with Gasteiger partial charge in [-0.3, -0.25) is 14.8 Å². The van der Waals surface area contributed by atoms with Crippen molar-refractivity contribution in [2.45, 2.75) is 164 Å². The molecule has 0 aromatic heterocycles. The second-order valence-electron chi connectivity index (χ2n) is 15.0. The molecule has 4 aromatic carbocycles. The van der Waals surface area contributed by atoms with Gasteiger partial charge < -0.3 is 10.2 Å². The summed E-state index contributed by atoms with van der Waals surface area (Å²) in [5.41, 5.74) is 10.6. The van der Waals surface area contributed by atoms with Crippen molar-refractivity contribution in [3.63, 3.8) is 0 Å². The zero-order valence-electron chi connectivity index (χ0n) is 35.5. The van der Waals surface area contributed by atoms with Crippen LogP contribution in [0.2, 0.25) is 0 Å². The number of unbranched alkanes of at least 4 members (excludes halogenated alkanes) is 9. The first-order chi connectivity index (χ1) is 26.6. The number of ketones is 1. The van der Waals surface area contributed by atoms with E-state index in [0.29, 0.717) is 12.8 Å². The molecule has 0 fully saturated rings. The number of aryl methyl sites for hydroxylation is 5. The number of nitrogens with zero attached hydrogens (tertiary/aromatic N) is 2. The summed E-state index contributed by atoms with van der Waals surface area (Å²) in [4.78, 5) is 21.9.